The molecule has 3 aromatic rings. The minimum Gasteiger partial charge on any atom is -0.486 e. The SMILES string of the molecule is CCOC(=O)c1ccc(COc2ccc(C(=O)c3ccccc3)cc2)o1. The van der Waals surface area contributed by atoms with Crippen molar-refractivity contribution in [2.24, 2.45) is 0 Å². The minimum absolute atomic E-state index is 0.0396. The van der Waals surface area contributed by atoms with Gasteiger partial charge in [-0.2, -0.15) is 0 Å². The van der Waals surface area contributed by atoms with E-state index in [1.807, 2.05) is 18.2 Å². The van der Waals surface area contributed by atoms with Gasteiger partial charge in [-0.3, -0.25) is 4.79 Å². The standard InChI is InChI=1S/C21H18O5/c1-2-24-21(23)19-13-12-18(26-19)14-25-17-10-8-16(9-11-17)20(22)15-6-4-3-5-7-15/h3-13H,2,14H2,1H3. The van der Waals surface area contributed by atoms with Crippen molar-refractivity contribution in [2.75, 3.05) is 6.61 Å². The molecular formula is C21H18O5. The number of carbonyl (C=O) groups excluding carboxylic acids is 2. The molecule has 0 saturated heterocycles. The monoisotopic (exact) mass is 350 g/mol. The molecule has 5 nitrogen and oxygen atoms in total. The lowest BCUT2D eigenvalue weighted by molar-refractivity contribution is 0.0486. The van der Waals surface area contributed by atoms with E-state index < -0.39 is 5.97 Å². The number of hydrogen-bond donors (Lipinski definition) is 0. The van der Waals surface area contributed by atoms with E-state index in [-0.39, 0.29) is 18.2 Å². The van der Waals surface area contributed by atoms with Gasteiger partial charge in [0, 0.05) is 11.1 Å². The summed E-state index contributed by atoms with van der Waals surface area (Å²) in [5, 5.41) is 0. The highest BCUT2D eigenvalue weighted by Crippen LogP contribution is 2.18. The zero-order chi connectivity index (χ0) is 18.4. The Balaban J connectivity index is 1.60. The maximum Gasteiger partial charge on any atom is 0.374 e. The summed E-state index contributed by atoms with van der Waals surface area (Å²) in [6.07, 6.45) is 0. The normalized spacial score (nSPS) is 10.3. The maximum atomic E-state index is 12.4. The lowest BCUT2D eigenvalue weighted by atomic mass is 10.0. The number of furan rings is 1. The van der Waals surface area contributed by atoms with Gasteiger partial charge in [-0.15, -0.1) is 0 Å². The molecule has 0 aliphatic heterocycles. The minimum atomic E-state index is -0.498. The van der Waals surface area contributed by atoms with Gasteiger partial charge in [0.15, 0.2) is 5.78 Å². The lowest BCUT2D eigenvalue weighted by Crippen LogP contribution is -2.03. The molecule has 1 aromatic heterocycles. The average molecular weight is 350 g/mol. The molecule has 0 aliphatic rings. The first-order valence-corrected chi connectivity index (χ1v) is 8.26. The first kappa shape index (κ1) is 17.5. The summed E-state index contributed by atoms with van der Waals surface area (Å²) in [6.45, 7) is 2.20. The van der Waals surface area contributed by atoms with E-state index in [4.69, 9.17) is 13.9 Å². The number of carbonyl (C=O) groups is 2. The summed E-state index contributed by atoms with van der Waals surface area (Å²) >= 11 is 0. The summed E-state index contributed by atoms with van der Waals surface area (Å²) in [5.74, 6) is 0.722. The fourth-order valence-electron chi connectivity index (χ4n) is 2.38. The van der Waals surface area contributed by atoms with Crippen LogP contribution < -0.4 is 4.74 Å². The fourth-order valence-corrected chi connectivity index (χ4v) is 2.38. The van der Waals surface area contributed by atoms with Crippen molar-refractivity contribution >= 4 is 11.8 Å². The molecule has 0 saturated carbocycles. The zero-order valence-corrected chi connectivity index (χ0v) is 14.3. The van der Waals surface area contributed by atoms with Crippen LogP contribution in [0.3, 0.4) is 0 Å². The molecule has 0 amide bonds. The van der Waals surface area contributed by atoms with Crippen LogP contribution in [0.1, 0.15) is 39.2 Å². The summed E-state index contributed by atoms with van der Waals surface area (Å²) in [6, 6.07) is 19.2. The first-order valence-electron chi connectivity index (χ1n) is 8.26. The molecule has 0 radical (unpaired) electrons. The first-order chi connectivity index (χ1) is 12.7. The summed E-state index contributed by atoms with van der Waals surface area (Å²) in [5.41, 5.74) is 1.23. The van der Waals surface area contributed by atoms with E-state index in [2.05, 4.69) is 0 Å². The van der Waals surface area contributed by atoms with Crippen molar-refractivity contribution in [2.45, 2.75) is 13.5 Å². The highest BCUT2D eigenvalue weighted by atomic mass is 16.5. The Morgan fingerprint density at radius 1 is 0.885 bits per heavy atom. The van der Waals surface area contributed by atoms with Crippen LogP contribution >= 0.6 is 0 Å². The van der Waals surface area contributed by atoms with E-state index in [9.17, 15) is 9.59 Å². The van der Waals surface area contributed by atoms with E-state index >= 15 is 0 Å². The molecule has 0 atom stereocenters. The second-order valence-corrected chi connectivity index (χ2v) is 5.49. The zero-order valence-electron chi connectivity index (χ0n) is 14.3. The van der Waals surface area contributed by atoms with Crippen molar-refractivity contribution < 1.29 is 23.5 Å². The van der Waals surface area contributed by atoms with Crippen molar-refractivity contribution in [3.05, 3.63) is 89.4 Å². The molecular weight excluding hydrogens is 332 g/mol. The predicted octanol–water partition coefficient (Wildman–Crippen LogP) is 4.27. The average Bonchev–Trinajstić information content (AvgIpc) is 3.16. The second-order valence-electron chi connectivity index (χ2n) is 5.49. The van der Waals surface area contributed by atoms with Gasteiger partial charge in [0.05, 0.1) is 6.61 Å². The van der Waals surface area contributed by atoms with Crippen LogP contribution in [0.2, 0.25) is 0 Å². The van der Waals surface area contributed by atoms with E-state index in [0.29, 0.717) is 29.2 Å². The Bertz CT molecular complexity index is 878. The summed E-state index contributed by atoms with van der Waals surface area (Å²) in [4.78, 5) is 23.9. The molecule has 132 valence electrons. The molecule has 0 unspecified atom stereocenters. The lowest BCUT2D eigenvalue weighted by Gasteiger charge is -2.06. The number of hydrogen-bond acceptors (Lipinski definition) is 5. The number of ketones is 1. The molecule has 5 heteroatoms. The van der Waals surface area contributed by atoms with Crippen molar-refractivity contribution in [3.63, 3.8) is 0 Å². The Morgan fingerprint density at radius 2 is 1.58 bits per heavy atom. The van der Waals surface area contributed by atoms with Gasteiger partial charge in [-0.05, 0) is 43.3 Å². The Hall–Kier alpha value is -3.34. The number of rotatable bonds is 7. The third kappa shape index (κ3) is 4.19. The highest BCUT2D eigenvalue weighted by molar-refractivity contribution is 6.08. The predicted molar refractivity (Wildman–Crippen MR) is 95.3 cm³/mol. The van der Waals surface area contributed by atoms with Gasteiger partial charge in [-0.1, -0.05) is 30.3 Å². The maximum absolute atomic E-state index is 12.4. The Kier molecular flexibility index (Phi) is 5.49. The second kappa shape index (κ2) is 8.16. The van der Waals surface area contributed by atoms with Crippen LogP contribution in [-0.4, -0.2) is 18.4 Å². The van der Waals surface area contributed by atoms with Crippen molar-refractivity contribution in [3.8, 4) is 5.75 Å². The van der Waals surface area contributed by atoms with Crippen molar-refractivity contribution in [1.82, 2.24) is 0 Å². The van der Waals surface area contributed by atoms with Gasteiger partial charge >= 0.3 is 5.97 Å². The van der Waals surface area contributed by atoms with Gasteiger partial charge < -0.3 is 13.9 Å². The number of ether oxygens (including phenoxy) is 2. The molecule has 2 aromatic carbocycles. The molecule has 0 spiro atoms. The quantitative estimate of drug-likeness (QED) is 0.470. The van der Waals surface area contributed by atoms with Crippen LogP contribution in [0.4, 0.5) is 0 Å². The molecule has 0 fully saturated rings. The van der Waals surface area contributed by atoms with E-state index in [1.54, 1.807) is 55.5 Å². The Morgan fingerprint density at radius 3 is 2.27 bits per heavy atom. The Labute approximate surface area is 151 Å². The van der Waals surface area contributed by atoms with Crippen molar-refractivity contribution in [1.29, 1.82) is 0 Å². The van der Waals surface area contributed by atoms with E-state index in [0.717, 1.165) is 0 Å². The van der Waals surface area contributed by atoms with Crippen LogP contribution in [0.5, 0.6) is 5.75 Å². The molecule has 3 rings (SSSR count). The van der Waals surface area contributed by atoms with Crippen LogP contribution in [0, 0.1) is 0 Å². The topological polar surface area (TPSA) is 65.7 Å². The fraction of sp³-hybridized carbons (Fsp3) is 0.143. The third-order valence-electron chi connectivity index (χ3n) is 3.67. The van der Waals surface area contributed by atoms with Crippen LogP contribution in [0.15, 0.2) is 71.1 Å². The van der Waals surface area contributed by atoms with Crippen LogP contribution in [-0.2, 0) is 11.3 Å². The third-order valence-corrected chi connectivity index (χ3v) is 3.67. The van der Waals surface area contributed by atoms with Gasteiger partial charge in [0.25, 0.3) is 0 Å². The van der Waals surface area contributed by atoms with E-state index in [1.165, 1.54) is 0 Å². The number of esters is 1. The highest BCUT2D eigenvalue weighted by Gasteiger charge is 2.12. The van der Waals surface area contributed by atoms with Gasteiger partial charge in [0.2, 0.25) is 5.76 Å². The molecule has 0 aliphatic carbocycles. The summed E-state index contributed by atoms with van der Waals surface area (Å²) < 4.78 is 15.9. The molecule has 1 heterocycles. The van der Waals surface area contributed by atoms with Crippen LogP contribution in [0.25, 0.3) is 0 Å². The summed E-state index contributed by atoms with van der Waals surface area (Å²) in [7, 11) is 0. The largest absolute Gasteiger partial charge is 0.486 e. The van der Waals surface area contributed by atoms with Gasteiger partial charge in [0.1, 0.15) is 18.1 Å². The molecule has 26 heavy (non-hydrogen) atoms. The molecule has 0 N–H and O–H groups in total. The number of benzene rings is 2. The molecule has 0 bridgehead atoms. The van der Waals surface area contributed by atoms with Gasteiger partial charge in [-0.25, -0.2) is 4.79 Å². The smallest absolute Gasteiger partial charge is 0.374 e.